The third-order valence-corrected chi connectivity index (χ3v) is 12.6. The van der Waals surface area contributed by atoms with E-state index < -0.39 is 95.7 Å². The smallest absolute Gasteiger partial charge is 0.462 e. The zero-order valence-electron chi connectivity index (χ0n) is 39.8. The Morgan fingerprint density at radius 3 is 1.58 bits per heavy atom. The summed E-state index contributed by atoms with van der Waals surface area (Å²) < 4.78 is 49.3. The molecule has 0 radical (unpaired) electrons. The molecule has 0 aliphatic heterocycles. The maximum Gasteiger partial charge on any atom is 0.472 e. The van der Waals surface area contributed by atoms with E-state index in [1.807, 2.05) is 12.2 Å². The summed E-state index contributed by atoms with van der Waals surface area (Å²) in [6.07, 6.45) is 19.3. The first-order chi connectivity index (χ1) is 31.9. The Morgan fingerprint density at radius 1 is 0.537 bits per heavy atom. The van der Waals surface area contributed by atoms with Gasteiger partial charge in [0, 0.05) is 12.8 Å². The fourth-order valence-electron chi connectivity index (χ4n) is 7.11. The monoisotopic (exact) mass is 999 g/mol. The average Bonchev–Trinajstić information content (AvgIpc) is 3.28. The molecule has 0 spiro atoms. The van der Waals surface area contributed by atoms with Crippen LogP contribution in [0.5, 0.6) is 0 Å². The summed E-state index contributed by atoms with van der Waals surface area (Å²) in [6, 6.07) is 0. The SMILES string of the molecule is CCCCC/C=C\C/C=C\C/C=C\CCCCCCC(=O)O[C@H](COC(=O)CCCCCCC[C@@H](O)[C@H](O)C/C=C\CCCCC)COP(=O)(O)O[C@H]1C(O)C(O)C(O)[C@@H](OP(=O)(O)O)C1O. The third-order valence-electron chi connectivity index (χ3n) is 11.1. The molecule has 390 valence electrons. The molecule has 20 heteroatoms. The molecule has 0 heterocycles. The number of aliphatic hydroxyl groups is 6. The van der Waals surface area contributed by atoms with Crippen LogP contribution in [0.15, 0.2) is 48.6 Å². The molecule has 0 aromatic heterocycles. The topological polar surface area (TPSA) is 296 Å². The predicted molar refractivity (Wildman–Crippen MR) is 253 cm³/mol. The van der Waals surface area contributed by atoms with Gasteiger partial charge in [-0.1, -0.05) is 127 Å². The number of rotatable bonds is 40. The molecule has 1 aliphatic rings. The Kier molecular flexibility index (Phi) is 35.4. The van der Waals surface area contributed by atoms with E-state index >= 15 is 0 Å². The highest BCUT2D eigenvalue weighted by molar-refractivity contribution is 7.47. The number of esters is 2. The Bertz CT molecular complexity index is 1520. The molecular formula is C47H84O18P2. The lowest BCUT2D eigenvalue weighted by atomic mass is 9.85. The lowest BCUT2D eigenvalue weighted by Gasteiger charge is -2.43. The van der Waals surface area contributed by atoms with E-state index in [1.165, 1.54) is 19.3 Å². The standard InChI is InChI=1S/C47H84O18P2/c1-3-5-7-9-11-12-13-14-15-16-17-18-19-20-21-25-30-34-41(51)63-37(36-62-67(59,60)65-47-44(54)42(52)43(53)46(45(47)55)64-66(56,57)58)35-61-40(50)33-29-26-22-24-28-32-39(49)38(48)31-27-23-10-8-6-4-2/h11-12,14-15,17-18,23,27,37-39,42-49,52-55H,3-10,13,16,19-22,24-26,28-36H2,1-2H3,(H,59,60)(H2,56,57,58)/b12-11-,15-14-,18-17-,27-23-/t37-,38-,39-,42?,43?,44?,45?,46-,47+/m1/s1. The van der Waals surface area contributed by atoms with E-state index in [0.717, 1.165) is 83.5 Å². The van der Waals surface area contributed by atoms with Gasteiger partial charge in [0.2, 0.25) is 0 Å². The Labute approximate surface area is 398 Å². The summed E-state index contributed by atoms with van der Waals surface area (Å²) in [5, 5.41) is 61.7. The molecule has 67 heavy (non-hydrogen) atoms. The van der Waals surface area contributed by atoms with E-state index in [4.69, 9.17) is 18.5 Å². The van der Waals surface area contributed by atoms with Gasteiger partial charge in [0.15, 0.2) is 6.10 Å². The number of carbonyl (C=O) groups excluding carboxylic acids is 2. The van der Waals surface area contributed by atoms with Crippen LogP contribution in [0.3, 0.4) is 0 Å². The molecule has 1 rings (SSSR count). The van der Waals surface area contributed by atoms with Crippen LogP contribution in [-0.4, -0.2) is 125 Å². The second-order valence-corrected chi connectivity index (χ2v) is 19.7. The fraction of sp³-hybridized carbons (Fsp3) is 0.787. The Balaban J connectivity index is 2.65. The molecule has 0 aromatic carbocycles. The molecule has 1 fully saturated rings. The minimum Gasteiger partial charge on any atom is -0.462 e. The zero-order chi connectivity index (χ0) is 49.9. The zero-order valence-corrected chi connectivity index (χ0v) is 41.6. The van der Waals surface area contributed by atoms with Crippen LogP contribution in [0.25, 0.3) is 0 Å². The van der Waals surface area contributed by atoms with Crippen LogP contribution < -0.4 is 0 Å². The van der Waals surface area contributed by atoms with Crippen molar-refractivity contribution in [1.29, 1.82) is 0 Å². The summed E-state index contributed by atoms with van der Waals surface area (Å²) in [5.41, 5.74) is 0. The highest BCUT2D eigenvalue weighted by Gasteiger charge is 2.54. The number of hydrogen-bond donors (Lipinski definition) is 9. The first-order valence-corrected chi connectivity index (χ1v) is 27.4. The summed E-state index contributed by atoms with van der Waals surface area (Å²) in [7, 11) is -10.7. The van der Waals surface area contributed by atoms with Crippen molar-refractivity contribution in [2.75, 3.05) is 13.2 Å². The number of ether oxygens (including phenoxy) is 2. The number of carbonyl (C=O) groups is 2. The van der Waals surface area contributed by atoms with Gasteiger partial charge < -0.3 is 54.8 Å². The second kappa shape index (κ2) is 37.7. The first-order valence-electron chi connectivity index (χ1n) is 24.3. The average molecular weight is 999 g/mol. The highest BCUT2D eigenvalue weighted by Crippen LogP contribution is 2.49. The first kappa shape index (κ1) is 62.9. The van der Waals surface area contributed by atoms with Crippen LogP contribution in [0.2, 0.25) is 0 Å². The van der Waals surface area contributed by atoms with Gasteiger partial charge in [-0.15, -0.1) is 0 Å². The molecule has 5 unspecified atom stereocenters. The van der Waals surface area contributed by atoms with Crippen molar-refractivity contribution in [3.05, 3.63) is 48.6 Å². The van der Waals surface area contributed by atoms with Crippen LogP contribution in [0.4, 0.5) is 0 Å². The van der Waals surface area contributed by atoms with Crippen molar-refractivity contribution in [2.45, 2.75) is 223 Å². The van der Waals surface area contributed by atoms with Crippen molar-refractivity contribution >= 4 is 27.6 Å². The highest BCUT2D eigenvalue weighted by atomic mass is 31.2. The Morgan fingerprint density at radius 2 is 1.01 bits per heavy atom. The van der Waals surface area contributed by atoms with Crippen LogP contribution >= 0.6 is 15.6 Å². The molecule has 0 bridgehead atoms. The molecule has 9 N–H and O–H groups in total. The van der Waals surface area contributed by atoms with Gasteiger partial charge in [-0.2, -0.15) is 0 Å². The van der Waals surface area contributed by atoms with Crippen molar-refractivity contribution in [3.63, 3.8) is 0 Å². The van der Waals surface area contributed by atoms with E-state index in [-0.39, 0.29) is 12.8 Å². The van der Waals surface area contributed by atoms with Crippen LogP contribution in [0.1, 0.15) is 168 Å². The molecule has 1 saturated carbocycles. The summed E-state index contributed by atoms with van der Waals surface area (Å²) in [5.74, 6) is -1.34. The van der Waals surface area contributed by atoms with Crippen molar-refractivity contribution in [1.82, 2.24) is 0 Å². The summed E-state index contributed by atoms with van der Waals surface area (Å²) >= 11 is 0. The molecule has 1 aliphatic carbocycles. The summed E-state index contributed by atoms with van der Waals surface area (Å²) in [6.45, 7) is 2.87. The van der Waals surface area contributed by atoms with E-state index in [1.54, 1.807) is 0 Å². The molecule has 0 aromatic rings. The van der Waals surface area contributed by atoms with E-state index in [0.29, 0.717) is 38.5 Å². The number of phosphoric acid groups is 2. The van der Waals surface area contributed by atoms with Crippen LogP contribution in [-0.2, 0) is 41.8 Å². The number of allylic oxidation sites excluding steroid dienone is 7. The van der Waals surface area contributed by atoms with Gasteiger partial charge >= 0.3 is 27.6 Å². The van der Waals surface area contributed by atoms with Crippen molar-refractivity contribution in [2.24, 2.45) is 0 Å². The van der Waals surface area contributed by atoms with Gasteiger partial charge in [-0.25, -0.2) is 9.13 Å². The summed E-state index contributed by atoms with van der Waals surface area (Å²) in [4.78, 5) is 54.3. The molecule has 0 amide bonds. The minimum absolute atomic E-state index is 0.0147. The molecule has 0 saturated heterocycles. The van der Waals surface area contributed by atoms with Crippen molar-refractivity contribution in [3.8, 4) is 0 Å². The molecule has 10 atom stereocenters. The lowest BCUT2D eigenvalue weighted by Crippen LogP contribution is -2.64. The normalized spacial score (nSPS) is 22.7. The van der Waals surface area contributed by atoms with Gasteiger partial charge in [0.25, 0.3) is 0 Å². The van der Waals surface area contributed by atoms with Gasteiger partial charge in [0.1, 0.15) is 43.2 Å². The quantitative estimate of drug-likeness (QED) is 0.0127. The van der Waals surface area contributed by atoms with Crippen molar-refractivity contribution < 1.29 is 87.1 Å². The number of aliphatic hydroxyl groups excluding tert-OH is 6. The maximum absolute atomic E-state index is 13.0. The van der Waals surface area contributed by atoms with Gasteiger partial charge in [0.05, 0.1) is 18.8 Å². The number of unbranched alkanes of at least 4 members (excludes halogenated alkanes) is 14. The molecule has 18 nitrogen and oxygen atoms in total. The lowest BCUT2D eigenvalue weighted by molar-refractivity contribution is -0.216. The van der Waals surface area contributed by atoms with Gasteiger partial charge in [-0.3, -0.25) is 23.2 Å². The van der Waals surface area contributed by atoms with Crippen LogP contribution in [0, 0.1) is 0 Å². The van der Waals surface area contributed by atoms with E-state index in [2.05, 4.69) is 54.8 Å². The Hall–Kier alpha value is -2.12. The fourth-order valence-corrected chi connectivity index (χ4v) is 8.65. The minimum atomic E-state index is -5.39. The predicted octanol–water partition coefficient (Wildman–Crippen LogP) is 7.23. The van der Waals surface area contributed by atoms with Gasteiger partial charge in [-0.05, 0) is 77.0 Å². The number of phosphoric ester groups is 2. The van der Waals surface area contributed by atoms with E-state index in [9.17, 15) is 64.0 Å². The number of hydrogen-bond acceptors (Lipinski definition) is 15. The largest absolute Gasteiger partial charge is 0.472 e. The maximum atomic E-state index is 13.0. The second-order valence-electron chi connectivity index (χ2n) is 17.1. The third kappa shape index (κ3) is 31.7. The molecular weight excluding hydrogens is 914 g/mol.